The van der Waals surface area contributed by atoms with Crippen LogP contribution in [0.15, 0.2) is 28.8 Å². The van der Waals surface area contributed by atoms with Crippen molar-refractivity contribution in [2.24, 2.45) is 0 Å². The molecule has 0 bridgehead atoms. The second-order valence-electron chi connectivity index (χ2n) is 5.24. The Hall–Kier alpha value is -1.84. The maximum absolute atomic E-state index is 12.0. The lowest BCUT2D eigenvalue weighted by Crippen LogP contribution is -2.07. The predicted molar refractivity (Wildman–Crippen MR) is 71.2 cm³/mol. The Bertz CT molecular complexity index is 576. The molecule has 100 valence electrons. The van der Waals surface area contributed by atoms with Gasteiger partial charge in [0.2, 0.25) is 5.78 Å². The van der Waals surface area contributed by atoms with Gasteiger partial charge in [0.25, 0.3) is 0 Å². The monoisotopic (exact) mass is 258 g/mol. The largest absolute Gasteiger partial charge is 0.458 e. The molecule has 1 aliphatic carbocycles. The van der Waals surface area contributed by atoms with Crippen LogP contribution in [0.3, 0.4) is 0 Å². The molecule has 0 amide bonds. The van der Waals surface area contributed by atoms with E-state index in [1.165, 1.54) is 25.7 Å². The lowest BCUT2D eigenvalue weighted by molar-refractivity contribution is 0.0964. The molecule has 19 heavy (non-hydrogen) atoms. The summed E-state index contributed by atoms with van der Waals surface area (Å²) in [6.07, 6.45) is 7.27. The quantitative estimate of drug-likeness (QED) is 0.790. The average Bonchev–Trinajstić information content (AvgIpc) is 3.07. The van der Waals surface area contributed by atoms with Crippen LogP contribution in [-0.4, -0.2) is 15.6 Å². The predicted octanol–water partition coefficient (Wildman–Crippen LogP) is 3.33. The van der Waals surface area contributed by atoms with Crippen molar-refractivity contribution >= 4 is 5.78 Å². The van der Waals surface area contributed by atoms with E-state index in [0.29, 0.717) is 18.2 Å². The van der Waals surface area contributed by atoms with Crippen molar-refractivity contribution < 1.29 is 9.21 Å². The molecule has 1 aliphatic rings. The number of ketones is 1. The van der Waals surface area contributed by atoms with E-state index >= 15 is 0 Å². The first kappa shape index (κ1) is 12.2. The first-order chi connectivity index (χ1) is 9.22. The summed E-state index contributed by atoms with van der Waals surface area (Å²) in [4.78, 5) is 12.0. The molecule has 4 nitrogen and oxygen atoms in total. The van der Waals surface area contributed by atoms with E-state index < -0.39 is 0 Å². The van der Waals surface area contributed by atoms with Gasteiger partial charge in [-0.2, -0.15) is 5.10 Å². The summed E-state index contributed by atoms with van der Waals surface area (Å²) < 4.78 is 7.36. The number of carbonyl (C=O) groups excluding carboxylic acids is 1. The molecule has 4 heteroatoms. The molecule has 2 aromatic heterocycles. The summed E-state index contributed by atoms with van der Waals surface area (Å²) in [6, 6.07) is 6.00. The van der Waals surface area contributed by atoms with Gasteiger partial charge in [-0.25, -0.2) is 0 Å². The topological polar surface area (TPSA) is 48.0 Å². The molecule has 0 N–H and O–H groups in total. The van der Waals surface area contributed by atoms with Gasteiger partial charge in [-0.05, 0) is 38.0 Å². The minimum Gasteiger partial charge on any atom is -0.458 e. The van der Waals surface area contributed by atoms with Crippen molar-refractivity contribution in [3.05, 3.63) is 41.6 Å². The van der Waals surface area contributed by atoms with Gasteiger partial charge in [-0.15, -0.1) is 0 Å². The van der Waals surface area contributed by atoms with Gasteiger partial charge in [0.05, 0.1) is 18.2 Å². The van der Waals surface area contributed by atoms with Gasteiger partial charge < -0.3 is 4.42 Å². The zero-order valence-corrected chi connectivity index (χ0v) is 11.1. The zero-order chi connectivity index (χ0) is 13.2. The van der Waals surface area contributed by atoms with E-state index in [1.54, 1.807) is 6.07 Å². The summed E-state index contributed by atoms with van der Waals surface area (Å²) in [5, 5.41) is 4.52. The molecule has 0 radical (unpaired) electrons. The standard InChI is InChI=1S/C15H18N2O2/c1-11-6-7-15(19-11)14(18)10-12-8-9-17(16-12)13-4-2-3-5-13/h6-9,13H,2-5,10H2,1H3. The first-order valence-corrected chi connectivity index (χ1v) is 6.86. The number of furan rings is 1. The van der Waals surface area contributed by atoms with Gasteiger partial charge in [0.1, 0.15) is 5.76 Å². The van der Waals surface area contributed by atoms with E-state index in [4.69, 9.17) is 4.42 Å². The van der Waals surface area contributed by atoms with Crippen LogP contribution < -0.4 is 0 Å². The number of aryl methyl sites for hydroxylation is 1. The van der Waals surface area contributed by atoms with Gasteiger partial charge >= 0.3 is 0 Å². The molecule has 0 atom stereocenters. The highest BCUT2D eigenvalue weighted by Crippen LogP contribution is 2.28. The number of aromatic nitrogens is 2. The van der Waals surface area contributed by atoms with E-state index in [-0.39, 0.29) is 5.78 Å². The number of Topliss-reactive ketones (excluding diaryl/α,β-unsaturated/α-hetero) is 1. The van der Waals surface area contributed by atoms with Crippen LogP contribution in [-0.2, 0) is 6.42 Å². The fourth-order valence-electron chi connectivity index (χ4n) is 2.68. The second-order valence-corrected chi connectivity index (χ2v) is 5.24. The Morgan fingerprint density at radius 3 is 2.84 bits per heavy atom. The first-order valence-electron chi connectivity index (χ1n) is 6.86. The molecule has 0 aromatic carbocycles. The molecule has 3 rings (SSSR count). The smallest absolute Gasteiger partial charge is 0.203 e. The van der Waals surface area contributed by atoms with E-state index in [9.17, 15) is 4.79 Å². The summed E-state index contributed by atoms with van der Waals surface area (Å²) in [7, 11) is 0. The number of hydrogen-bond acceptors (Lipinski definition) is 3. The van der Waals surface area contributed by atoms with Gasteiger partial charge in [-0.1, -0.05) is 12.8 Å². The third-order valence-electron chi connectivity index (χ3n) is 3.72. The molecular formula is C15H18N2O2. The molecule has 2 heterocycles. The van der Waals surface area contributed by atoms with Crippen LogP contribution in [0, 0.1) is 6.92 Å². The van der Waals surface area contributed by atoms with Crippen LogP contribution >= 0.6 is 0 Å². The van der Waals surface area contributed by atoms with Crippen LogP contribution in [0.5, 0.6) is 0 Å². The molecule has 0 aliphatic heterocycles. The van der Waals surface area contributed by atoms with E-state index in [2.05, 4.69) is 5.10 Å². The zero-order valence-electron chi connectivity index (χ0n) is 11.1. The third-order valence-corrected chi connectivity index (χ3v) is 3.72. The van der Waals surface area contributed by atoms with Crippen molar-refractivity contribution in [3.63, 3.8) is 0 Å². The van der Waals surface area contributed by atoms with Crippen LogP contribution in [0.1, 0.15) is 53.7 Å². The Kier molecular flexibility index (Phi) is 3.23. The highest BCUT2D eigenvalue weighted by Gasteiger charge is 2.18. The maximum Gasteiger partial charge on any atom is 0.203 e. The van der Waals surface area contributed by atoms with Crippen molar-refractivity contribution in [1.82, 2.24) is 9.78 Å². The second kappa shape index (κ2) is 5.03. The minimum absolute atomic E-state index is 0.00947. The van der Waals surface area contributed by atoms with Crippen LogP contribution in [0.2, 0.25) is 0 Å². The van der Waals surface area contributed by atoms with Crippen LogP contribution in [0.25, 0.3) is 0 Å². The van der Waals surface area contributed by atoms with Crippen LogP contribution in [0.4, 0.5) is 0 Å². The Balaban J connectivity index is 1.68. The minimum atomic E-state index is -0.00947. The van der Waals surface area contributed by atoms with Crippen molar-refractivity contribution in [3.8, 4) is 0 Å². The fourth-order valence-corrected chi connectivity index (χ4v) is 2.68. The van der Waals surface area contributed by atoms with Gasteiger partial charge in [0.15, 0.2) is 5.76 Å². The average molecular weight is 258 g/mol. The molecule has 0 unspecified atom stereocenters. The summed E-state index contributed by atoms with van der Waals surface area (Å²) in [6.45, 7) is 1.84. The lowest BCUT2D eigenvalue weighted by Gasteiger charge is -2.08. The third kappa shape index (κ3) is 2.62. The normalized spacial score (nSPS) is 16.1. The molecule has 0 saturated heterocycles. The van der Waals surface area contributed by atoms with Crippen molar-refractivity contribution in [2.45, 2.75) is 45.1 Å². The Labute approximate surface area is 112 Å². The number of carbonyl (C=O) groups is 1. The summed E-state index contributed by atoms with van der Waals surface area (Å²) in [5.41, 5.74) is 0.825. The van der Waals surface area contributed by atoms with Crippen molar-refractivity contribution in [2.75, 3.05) is 0 Å². The molecule has 0 spiro atoms. The molecule has 2 aromatic rings. The number of rotatable bonds is 4. The van der Waals surface area contributed by atoms with E-state index in [0.717, 1.165) is 11.5 Å². The van der Waals surface area contributed by atoms with Crippen molar-refractivity contribution in [1.29, 1.82) is 0 Å². The summed E-state index contributed by atoms with van der Waals surface area (Å²) in [5.74, 6) is 1.18. The summed E-state index contributed by atoms with van der Waals surface area (Å²) >= 11 is 0. The fraction of sp³-hybridized carbons (Fsp3) is 0.467. The number of hydrogen-bond donors (Lipinski definition) is 0. The highest BCUT2D eigenvalue weighted by atomic mass is 16.3. The molecular weight excluding hydrogens is 240 g/mol. The lowest BCUT2D eigenvalue weighted by atomic mass is 10.2. The van der Waals surface area contributed by atoms with Gasteiger partial charge in [-0.3, -0.25) is 9.48 Å². The Morgan fingerprint density at radius 1 is 1.37 bits per heavy atom. The molecule has 1 saturated carbocycles. The highest BCUT2D eigenvalue weighted by molar-refractivity contribution is 5.94. The maximum atomic E-state index is 12.0. The Morgan fingerprint density at radius 2 is 2.16 bits per heavy atom. The number of nitrogens with zero attached hydrogens (tertiary/aromatic N) is 2. The van der Waals surface area contributed by atoms with E-state index in [1.807, 2.05) is 29.9 Å². The molecule has 1 fully saturated rings. The van der Waals surface area contributed by atoms with Gasteiger partial charge in [0, 0.05) is 6.20 Å². The SMILES string of the molecule is Cc1ccc(C(=O)Cc2ccn(C3CCCC3)n2)o1.